The van der Waals surface area contributed by atoms with E-state index in [1.807, 2.05) is 6.92 Å². The summed E-state index contributed by atoms with van der Waals surface area (Å²) in [7, 11) is -1.80. The number of hydrogen-bond acceptors (Lipinski definition) is 4. The normalized spacial score (nSPS) is 17.0. The molecule has 0 spiro atoms. The van der Waals surface area contributed by atoms with E-state index in [4.69, 9.17) is 0 Å². The van der Waals surface area contributed by atoms with Crippen LogP contribution in [0.4, 0.5) is 0 Å². The second kappa shape index (κ2) is 9.48. The smallest absolute Gasteiger partial charge is 0.240 e. The van der Waals surface area contributed by atoms with Crippen molar-refractivity contribution in [3.05, 3.63) is 29.8 Å². The number of carbonyl (C=O) groups is 1. The van der Waals surface area contributed by atoms with E-state index >= 15 is 0 Å². The molecule has 2 N–H and O–H groups in total. The van der Waals surface area contributed by atoms with E-state index in [1.54, 1.807) is 36.2 Å². The minimum atomic E-state index is -3.53. The van der Waals surface area contributed by atoms with Crippen LogP contribution in [0.2, 0.25) is 0 Å². The SMILES string of the molecule is Cc1ccc(S(=O)(=O)NCCN(C)C(=O)CC(C)C2CCNCC2)cc1. The van der Waals surface area contributed by atoms with Gasteiger partial charge in [-0.3, -0.25) is 4.79 Å². The first-order valence-corrected chi connectivity index (χ1v) is 10.8. The van der Waals surface area contributed by atoms with E-state index in [1.165, 1.54) is 0 Å². The molecule has 146 valence electrons. The van der Waals surface area contributed by atoms with Crippen molar-refractivity contribution < 1.29 is 13.2 Å². The number of likely N-dealkylation sites (N-methyl/N-ethyl adjacent to an activating group) is 1. The summed E-state index contributed by atoms with van der Waals surface area (Å²) in [6, 6.07) is 6.72. The van der Waals surface area contributed by atoms with E-state index in [2.05, 4.69) is 17.0 Å². The standard InChI is InChI=1S/C19H31N3O3S/c1-15-4-6-18(7-5-15)26(24,25)21-12-13-22(3)19(23)14-16(2)17-8-10-20-11-9-17/h4-7,16-17,20-21H,8-14H2,1-3H3. The molecule has 2 rings (SSSR count). The molecule has 26 heavy (non-hydrogen) atoms. The highest BCUT2D eigenvalue weighted by Crippen LogP contribution is 2.24. The molecule has 1 fully saturated rings. The number of aryl methyl sites for hydroxylation is 1. The Morgan fingerprint density at radius 3 is 2.50 bits per heavy atom. The number of benzene rings is 1. The predicted octanol–water partition coefficient (Wildman–Crippen LogP) is 1.76. The van der Waals surface area contributed by atoms with Crippen molar-refractivity contribution in [1.82, 2.24) is 14.9 Å². The van der Waals surface area contributed by atoms with Gasteiger partial charge in [0.15, 0.2) is 0 Å². The van der Waals surface area contributed by atoms with Gasteiger partial charge in [-0.05, 0) is 56.8 Å². The summed E-state index contributed by atoms with van der Waals surface area (Å²) in [4.78, 5) is 14.3. The van der Waals surface area contributed by atoms with Gasteiger partial charge in [0.25, 0.3) is 0 Å². The third-order valence-electron chi connectivity index (χ3n) is 5.18. The van der Waals surface area contributed by atoms with Gasteiger partial charge in [0.2, 0.25) is 15.9 Å². The fourth-order valence-electron chi connectivity index (χ4n) is 3.28. The van der Waals surface area contributed by atoms with Gasteiger partial charge in [0.1, 0.15) is 0 Å². The van der Waals surface area contributed by atoms with Crippen LogP contribution in [0.15, 0.2) is 29.2 Å². The van der Waals surface area contributed by atoms with Crippen molar-refractivity contribution in [3.63, 3.8) is 0 Å². The second-order valence-corrected chi connectivity index (χ2v) is 9.06. The highest BCUT2D eigenvalue weighted by Gasteiger charge is 2.23. The molecule has 1 amide bonds. The van der Waals surface area contributed by atoms with Crippen LogP contribution >= 0.6 is 0 Å². The predicted molar refractivity (Wildman–Crippen MR) is 103 cm³/mol. The number of piperidine rings is 1. The Morgan fingerprint density at radius 2 is 1.88 bits per heavy atom. The van der Waals surface area contributed by atoms with Crippen molar-refractivity contribution in [2.75, 3.05) is 33.2 Å². The number of nitrogens with one attached hydrogen (secondary N) is 2. The molecule has 1 unspecified atom stereocenters. The fraction of sp³-hybridized carbons (Fsp3) is 0.632. The van der Waals surface area contributed by atoms with Gasteiger partial charge < -0.3 is 10.2 Å². The Hall–Kier alpha value is -1.44. The monoisotopic (exact) mass is 381 g/mol. The summed E-state index contributed by atoms with van der Waals surface area (Å²) in [6.45, 7) is 6.68. The zero-order valence-electron chi connectivity index (χ0n) is 16.0. The topological polar surface area (TPSA) is 78.5 Å². The molecule has 6 nitrogen and oxygen atoms in total. The van der Waals surface area contributed by atoms with Crippen molar-refractivity contribution in [1.29, 1.82) is 0 Å². The summed E-state index contributed by atoms with van der Waals surface area (Å²) >= 11 is 0. The Bertz CT molecular complexity index is 682. The molecule has 1 saturated heterocycles. The van der Waals surface area contributed by atoms with Crippen molar-refractivity contribution in [2.45, 2.75) is 38.0 Å². The lowest BCUT2D eigenvalue weighted by Gasteiger charge is -2.29. The van der Waals surface area contributed by atoms with Crippen LogP contribution in [0.3, 0.4) is 0 Å². The first-order valence-electron chi connectivity index (χ1n) is 9.30. The van der Waals surface area contributed by atoms with E-state index < -0.39 is 10.0 Å². The maximum Gasteiger partial charge on any atom is 0.240 e. The van der Waals surface area contributed by atoms with Crippen molar-refractivity contribution in [3.8, 4) is 0 Å². The summed E-state index contributed by atoms with van der Waals surface area (Å²) in [6.07, 6.45) is 2.76. The summed E-state index contributed by atoms with van der Waals surface area (Å²) in [5, 5.41) is 3.34. The molecule has 1 atom stereocenters. The minimum Gasteiger partial charge on any atom is -0.344 e. The fourth-order valence-corrected chi connectivity index (χ4v) is 4.31. The molecular weight excluding hydrogens is 350 g/mol. The summed E-state index contributed by atoms with van der Waals surface area (Å²) < 4.78 is 27.1. The van der Waals surface area contributed by atoms with Gasteiger partial charge >= 0.3 is 0 Å². The number of sulfonamides is 1. The van der Waals surface area contributed by atoms with Gasteiger partial charge in [-0.2, -0.15) is 0 Å². The molecule has 1 aromatic carbocycles. The lowest BCUT2D eigenvalue weighted by molar-refractivity contribution is -0.131. The number of amides is 1. The Kier molecular flexibility index (Phi) is 7.61. The van der Waals surface area contributed by atoms with E-state index in [9.17, 15) is 13.2 Å². The van der Waals surface area contributed by atoms with Crippen LogP contribution in [-0.4, -0.2) is 52.5 Å². The molecule has 0 radical (unpaired) electrons. The van der Waals surface area contributed by atoms with E-state index in [0.717, 1.165) is 31.5 Å². The molecule has 1 heterocycles. The Balaban J connectivity index is 1.77. The lowest BCUT2D eigenvalue weighted by atomic mass is 9.84. The van der Waals surface area contributed by atoms with Crippen LogP contribution in [0, 0.1) is 18.8 Å². The highest BCUT2D eigenvalue weighted by molar-refractivity contribution is 7.89. The maximum atomic E-state index is 12.4. The van der Waals surface area contributed by atoms with Crippen LogP contribution in [-0.2, 0) is 14.8 Å². The average Bonchev–Trinajstić information content (AvgIpc) is 2.62. The summed E-state index contributed by atoms with van der Waals surface area (Å²) in [5.41, 5.74) is 1.01. The number of nitrogens with zero attached hydrogens (tertiary/aromatic N) is 1. The molecular formula is C19H31N3O3S. The van der Waals surface area contributed by atoms with E-state index in [-0.39, 0.29) is 17.3 Å². The molecule has 1 aliphatic rings. The molecule has 0 aliphatic carbocycles. The van der Waals surface area contributed by atoms with Crippen molar-refractivity contribution >= 4 is 15.9 Å². The van der Waals surface area contributed by atoms with Gasteiger partial charge in [0, 0.05) is 26.6 Å². The van der Waals surface area contributed by atoms with Gasteiger partial charge in [0.05, 0.1) is 4.90 Å². The highest BCUT2D eigenvalue weighted by atomic mass is 32.2. The van der Waals surface area contributed by atoms with Gasteiger partial charge in [-0.15, -0.1) is 0 Å². The van der Waals surface area contributed by atoms with Crippen molar-refractivity contribution in [2.24, 2.45) is 11.8 Å². The maximum absolute atomic E-state index is 12.4. The Morgan fingerprint density at radius 1 is 1.27 bits per heavy atom. The first kappa shape index (κ1) is 20.9. The number of rotatable bonds is 8. The third-order valence-corrected chi connectivity index (χ3v) is 6.66. The third kappa shape index (κ3) is 6.07. The molecule has 1 aromatic rings. The number of carbonyl (C=O) groups excluding carboxylic acids is 1. The largest absolute Gasteiger partial charge is 0.344 e. The zero-order chi connectivity index (χ0) is 19.2. The minimum absolute atomic E-state index is 0.0746. The van der Waals surface area contributed by atoms with E-state index in [0.29, 0.717) is 24.8 Å². The molecule has 0 aromatic heterocycles. The van der Waals surface area contributed by atoms with Crippen LogP contribution in [0.1, 0.15) is 31.7 Å². The van der Waals surface area contributed by atoms with Crippen LogP contribution in [0.25, 0.3) is 0 Å². The van der Waals surface area contributed by atoms with Gasteiger partial charge in [-0.25, -0.2) is 13.1 Å². The van der Waals surface area contributed by atoms with Gasteiger partial charge in [-0.1, -0.05) is 24.6 Å². The quantitative estimate of drug-likeness (QED) is 0.719. The van der Waals surface area contributed by atoms with Crippen LogP contribution < -0.4 is 10.0 Å². The second-order valence-electron chi connectivity index (χ2n) is 7.29. The number of hydrogen-bond donors (Lipinski definition) is 2. The molecule has 1 aliphatic heterocycles. The summed E-state index contributed by atoms with van der Waals surface area (Å²) in [5.74, 6) is 1.02. The average molecular weight is 382 g/mol. The lowest BCUT2D eigenvalue weighted by Crippen LogP contribution is -2.38. The molecule has 0 bridgehead atoms. The first-order chi connectivity index (χ1) is 12.3. The molecule has 7 heteroatoms. The van der Waals surface area contributed by atoms with Crippen LogP contribution in [0.5, 0.6) is 0 Å². The Labute approximate surface area is 157 Å². The zero-order valence-corrected chi connectivity index (χ0v) is 16.8. The molecule has 0 saturated carbocycles.